The molecule has 7 nitrogen and oxygen atoms in total. The minimum absolute atomic E-state index is 0.245. The summed E-state index contributed by atoms with van der Waals surface area (Å²) in [6.07, 6.45) is 4.79. The van der Waals surface area contributed by atoms with Crippen molar-refractivity contribution in [2.75, 3.05) is 0 Å². The van der Waals surface area contributed by atoms with Crippen LogP contribution < -0.4 is 11.2 Å². The molecule has 2 aliphatic carbocycles. The van der Waals surface area contributed by atoms with E-state index in [1.54, 1.807) is 4.57 Å². The van der Waals surface area contributed by atoms with Crippen molar-refractivity contribution >= 4 is 16.9 Å². The Labute approximate surface area is 151 Å². The third-order valence-electron chi connectivity index (χ3n) is 5.98. The Hall–Kier alpha value is -2.18. The van der Waals surface area contributed by atoms with E-state index in [9.17, 15) is 14.4 Å². The smallest absolute Gasteiger partial charge is 0.332 e. The van der Waals surface area contributed by atoms with E-state index in [2.05, 4.69) is 4.98 Å². The normalized spacial score (nSPS) is 25.3. The summed E-state index contributed by atoms with van der Waals surface area (Å²) in [5.74, 6) is 2.33. The van der Waals surface area contributed by atoms with Crippen molar-refractivity contribution in [3.8, 4) is 0 Å². The van der Waals surface area contributed by atoms with Gasteiger partial charge in [0.2, 0.25) is 0 Å². The molecule has 0 radical (unpaired) electrons. The van der Waals surface area contributed by atoms with Gasteiger partial charge in [0, 0.05) is 31.8 Å². The van der Waals surface area contributed by atoms with Crippen molar-refractivity contribution in [3.63, 3.8) is 0 Å². The van der Waals surface area contributed by atoms with E-state index in [1.807, 2.05) is 13.8 Å². The van der Waals surface area contributed by atoms with Crippen LogP contribution in [0.5, 0.6) is 0 Å². The number of nitrogens with zero attached hydrogens (tertiary/aromatic N) is 3. The molecule has 2 saturated carbocycles. The number of imidazole rings is 1. The lowest BCUT2D eigenvalue weighted by molar-refractivity contribution is -0.117. The highest BCUT2D eigenvalue weighted by Gasteiger charge is 2.42. The number of H-pyrrole nitrogens is 1. The standard InChI is InChI=1S/C19H26N4O3/c1-3-5-22-17-15(18(25)23(6-4-2)19(22)26)20-16(21-17)13-7-11-9-14(24)10-12(11)8-13/h11-13H,3-10H2,1-2H3,(H,20,21). The Morgan fingerprint density at radius 1 is 1.00 bits per heavy atom. The van der Waals surface area contributed by atoms with Crippen LogP contribution in [0.25, 0.3) is 11.2 Å². The molecule has 0 amide bonds. The fourth-order valence-electron chi connectivity index (χ4n) is 4.83. The number of nitrogens with one attached hydrogen (secondary N) is 1. The highest BCUT2D eigenvalue weighted by molar-refractivity contribution is 5.81. The average molecular weight is 358 g/mol. The zero-order valence-corrected chi connectivity index (χ0v) is 15.5. The predicted octanol–water partition coefficient (Wildman–Crippen LogP) is 2.18. The molecule has 2 heterocycles. The molecule has 2 aromatic rings. The van der Waals surface area contributed by atoms with Crippen molar-refractivity contribution in [2.24, 2.45) is 11.8 Å². The highest BCUT2D eigenvalue weighted by Crippen LogP contribution is 2.48. The number of ketones is 1. The van der Waals surface area contributed by atoms with Crippen molar-refractivity contribution in [1.29, 1.82) is 0 Å². The first-order chi connectivity index (χ1) is 12.5. The van der Waals surface area contributed by atoms with Crippen LogP contribution in [0.3, 0.4) is 0 Å². The summed E-state index contributed by atoms with van der Waals surface area (Å²) in [7, 11) is 0. The first kappa shape index (κ1) is 17.2. The molecule has 140 valence electrons. The van der Waals surface area contributed by atoms with E-state index in [4.69, 9.17) is 4.98 Å². The summed E-state index contributed by atoms with van der Waals surface area (Å²) in [5.41, 5.74) is 0.386. The first-order valence-electron chi connectivity index (χ1n) is 9.78. The van der Waals surface area contributed by atoms with Gasteiger partial charge in [-0.1, -0.05) is 13.8 Å². The van der Waals surface area contributed by atoms with Crippen LogP contribution in [0.4, 0.5) is 0 Å². The van der Waals surface area contributed by atoms with Gasteiger partial charge in [-0.2, -0.15) is 0 Å². The van der Waals surface area contributed by atoms with E-state index < -0.39 is 0 Å². The molecule has 2 aromatic heterocycles. The quantitative estimate of drug-likeness (QED) is 0.887. The van der Waals surface area contributed by atoms with Crippen molar-refractivity contribution in [3.05, 3.63) is 26.7 Å². The maximum atomic E-state index is 12.8. The highest BCUT2D eigenvalue weighted by atomic mass is 16.2. The van der Waals surface area contributed by atoms with Crippen LogP contribution in [-0.2, 0) is 17.9 Å². The summed E-state index contributed by atoms with van der Waals surface area (Å²) in [6.45, 7) is 4.93. The van der Waals surface area contributed by atoms with E-state index in [0.29, 0.717) is 54.7 Å². The third kappa shape index (κ3) is 2.64. The van der Waals surface area contributed by atoms with Crippen LogP contribution in [0.15, 0.2) is 9.59 Å². The van der Waals surface area contributed by atoms with Crippen LogP contribution in [0.2, 0.25) is 0 Å². The Bertz CT molecular complexity index is 952. The van der Waals surface area contributed by atoms with E-state index in [0.717, 1.165) is 31.5 Å². The first-order valence-corrected chi connectivity index (χ1v) is 9.78. The largest absolute Gasteiger partial charge is 0.336 e. The van der Waals surface area contributed by atoms with Crippen LogP contribution in [0.1, 0.15) is 64.1 Å². The van der Waals surface area contributed by atoms with Crippen molar-refractivity contribution in [1.82, 2.24) is 19.1 Å². The van der Waals surface area contributed by atoms with Gasteiger partial charge in [0.15, 0.2) is 5.65 Å². The van der Waals surface area contributed by atoms with Crippen LogP contribution in [0, 0.1) is 11.8 Å². The molecule has 0 aliphatic heterocycles. The minimum atomic E-state index is -0.272. The Morgan fingerprint density at radius 3 is 2.23 bits per heavy atom. The fourth-order valence-corrected chi connectivity index (χ4v) is 4.83. The molecule has 2 fully saturated rings. The molecule has 0 spiro atoms. The predicted molar refractivity (Wildman–Crippen MR) is 98.4 cm³/mol. The zero-order valence-electron chi connectivity index (χ0n) is 15.5. The molecule has 0 bridgehead atoms. The SMILES string of the molecule is CCCn1c(=O)c2[nH]c(C3CC4CC(=O)CC4C3)nc2n(CCC)c1=O. The molecule has 1 N–H and O–H groups in total. The van der Waals surface area contributed by atoms with E-state index in [-0.39, 0.29) is 17.2 Å². The van der Waals surface area contributed by atoms with Gasteiger partial charge in [0.25, 0.3) is 5.56 Å². The number of aryl methyl sites for hydroxylation is 1. The van der Waals surface area contributed by atoms with Gasteiger partial charge in [0.1, 0.15) is 17.1 Å². The molecule has 2 aliphatic rings. The monoisotopic (exact) mass is 358 g/mol. The Kier molecular flexibility index (Phi) is 4.32. The number of fused-ring (bicyclic) bond motifs is 2. The number of carbonyl (C=O) groups excluding carboxylic acids is 1. The number of aromatic nitrogens is 4. The summed E-state index contributed by atoms with van der Waals surface area (Å²) in [4.78, 5) is 45.1. The van der Waals surface area contributed by atoms with Gasteiger partial charge >= 0.3 is 5.69 Å². The molecule has 0 aromatic carbocycles. The molecule has 0 saturated heterocycles. The number of carbonyl (C=O) groups is 1. The molecule has 4 rings (SSSR count). The molecule has 2 unspecified atom stereocenters. The number of Topliss-reactive ketones (excluding diaryl/α,β-unsaturated/α-hetero) is 1. The second-order valence-corrected chi connectivity index (χ2v) is 7.85. The molecule has 2 atom stereocenters. The second kappa shape index (κ2) is 6.52. The average Bonchev–Trinajstić information content (AvgIpc) is 3.27. The molecule has 7 heteroatoms. The summed E-state index contributed by atoms with van der Waals surface area (Å²) < 4.78 is 2.95. The summed E-state index contributed by atoms with van der Waals surface area (Å²) in [6, 6.07) is 0. The third-order valence-corrected chi connectivity index (χ3v) is 5.98. The summed E-state index contributed by atoms with van der Waals surface area (Å²) >= 11 is 0. The van der Waals surface area contributed by atoms with Crippen LogP contribution >= 0.6 is 0 Å². The molecular formula is C19H26N4O3. The number of hydrogen-bond donors (Lipinski definition) is 1. The maximum Gasteiger partial charge on any atom is 0.332 e. The van der Waals surface area contributed by atoms with Crippen LogP contribution in [-0.4, -0.2) is 24.9 Å². The van der Waals surface area contributed by atoms with Crippen molar-refractivity contribution in [2.45, 2.75) is 71.4 Å². The Balaban J connectivity index is 1.78. The lowest BCUT2D eigenvalue weighted by Crippen LogP contribution is -2.40. The number of rotatable bonds is 5. The maximum absolute atomic E-state index is 12.8. The minimum Gasteiger partial charge on any atom is -0.336 e. The number of aromatic amines is 1. The van der Waals surface area contributed by atoms with Gasteiger partial charge in [-0.25, -0.2) is 9.78 Å². The van der Waals surface area contributed by atoms with E-state index >= 15 is 0 Å². The van der Waals surface area contributed by atoms with Gasteiger partial charge in [-0.05, 0) is 37.5 Å². The van der Waals surface area contributed by atoms with Gasteiger partial charge in [-0.15, -0.1) is 0 Å². The van der Waals surface area contributed by atoms with E-state index in [1.165, 1.54) is 4.57 Å². The number of hydrogen-bond acceptors (Lipinski definition) is 4. The molecular weight excluding hydrogens is 332 g/mol. The van der Waals surface area contributed by atoms with Gasteiger partial charge in [0.05, 0.1) is 0 Å². The lowest BCUT2D eigenvalue weighted by atomic mass is 10.0. The van der Waals surface area contributed by atoms with Crippen molar-refractivity contribution < 1.29 is 4.79 Å². The molecule has 26 heavy (non-hydrogen) atoms. The Morgan fingerprint density at radius 2 is 1.62 bits per heavy atom. The second-order valence-electron chi connectivity index (χ2n) is 7.85. The van der Waals surface area contributed by atoms with Gasteiger partial charge < -0.3 is 4.98 Å². The summed E-state index contributed by atoms with van der Waals surface area (Å²) in [5, 5.41) is 0. The topological polar surface area (TPSA) is 89.8 Å². The fraction of sp³-hybridized carbons (Fsp3) is 0.684. The lowest BCUT2D eigenvalue weighted by Gasteiger charge is -2.09. The van der Waals surface area contributed by atoms with Gasteiger partial charge in [-0.3, -0.25) is 18.7 Å². The zero-order chi connectivity index (χ0) is 18.4.